The van der Waals surface area contributed by atoms with Gasteiger partial charge in [-0.3, -0.25) is 0 Å². The Morgan fingerprint density at radius 3 is 1.38 bits per heavy atom. The molecule has 0 N–H and O–H groups in total. The number of unbranched alkanes of at least 4 members (excludes halogenated alkanes) is 1. The topological polar surface area (TPSA) is 7.76 Å². The van der Waals surface area contributed by atoms with Crippen LogP contribution in [-0.2, 0) is 18.4 Å². The van der Waals surface area contributed by atoms with Gasteiger partial charge in [0.25, 0.3) is 0 Å². The molecule has 2 heteroatoms. The van der Waals surface area contributed by atoms with Gasteiger partial charge in [-0.05, 0) is 221 Å². The fourth-order valence-corrected chi connectivity index (χ4v) is 16.8. The first-order valence-electron chi connectivity index (χ1n) is 33.3. The van der Waals surface area contributed by atoms with Crippen LogP contribution in [0.5, 0.6) is 0 Å². The van der Waals surface area contributed by atoms with Crippen LogP contribution >= 0.6 is 0 Å². The quantitative estimate of drug-likeness (QED) is 0.102. The van der Waals surface area contributed by atoms with E-state index in [2.05, 4.69) is 340 Å². The highest BCUT2D eigenvalue weighted by molar-refractivity contribution is 5.98. The Morgan fingerprint density at radius 2 is 0.815 bits per heavy atom. The highest BCUT2D eigenvalue weighted by Gasteiger charge is 2.89. The molecule has 0 amide bonds. The maximum absolute atomic E-state index is 2.81. The Hall–Kier alpha value is -10.5. The lowest BCUT2D eigenvalue weighted by Crippen LogP contribution is -2.65. The first kappa shape index (κ1) is 55.5. The number of hydrogen-bond acceptors (Lipinski definition) is 0. The van der Waals surface area contributed by atoms with E-state index in [1.54, 1.807) is 0 Å². The van der Waals surface area contributed by atoms with E-state index in [1.807, 2.05) is 0 Å². The zero-order valence-corrected chi connectivity index (χ0v) is 52.5. The van der Waals surface area contributed by atoms with Gasteiger partial charge < -0.3 is 0 Å². The number of fused-ring (bicyclic) bond motifs is 13. The molecule has 0 radical (unpaired) electrons. The molecule has 1 fully saturated rings. The molecule has 0 bridgehead atoms. The van der Waals surface area contributed by atoms with Crippen molar-refractivity contribution >= 4 is 21.5 Å². The summed E-state index contributed by atoms with van der Waals surface area (Å²) in [6, 6.07) is 112. The monoisotopic (exact) mass is 1180 g/mol. The maximum atomic E-state index is 2.81. The molecule has 2 nitrogen and oxygen atoms in total. The molecule has 12 aromatic carbocycles. The van der Waals surface area contributed by atoms with E-state index in [1.165, 1.54) is 151 Å². The number of benzene rings is 12. The van der Waals surface area contributed by atoms with Gasteiger partial charge in [-0.15, -0.1) is 0 Å². The van der Waals surface area contributed by atoms with Crippen molar-refractivity contribution in [2.45, 2.75) is 70.4 Å². The first-order valence-corrected chi connectivity index (χ1v) is 33.3. The van der Waals surface area contributed by atoms with Crippen LogP contribution < -0.4 is 9.13 Å². The van der Waals surface area contributed by atoms with Crippen molar-refractivity contribution < 1.29 is 9.13 Å². The van der Waals surface area contributed by atoms with Crippen molar-refractivity contribution in [1.29, 1.82) is 0 Å². The highest BCUT2D eigenvalue weighted by Crippen LogP contribution is 2.78. The molecule has 1 saturated carbocycles. The van der Waals surface area contributed by atoms with Crippen LogP contribution in [0.15, 0.2) is 310 Å². The standard InChI is InChI=1S/C90H72N2/c1-4-6-25-64-35-24-41-81-79(64)45-47-92-87(81)82-39-21-22-40-83(82)88-89(3,5-2)90(88,92)85-59-69-43-42-68(58-84(69)86-80-38-20-19-34-65(80)44-46-91(85)86)66-36-23-37-67(48-66)74-55-77(75-51-70(60-26-11-7-12-27-60)49-71(52-75)61-28-13-8-14-29-61)57-78(56-74)76-53-72(62-30-15-9-16-31-62)50-73(54-76)63-32-17-10-18-33-63/h7-24,26-58,85,88H,4-6,25,59H2,1-3H3/q+2. The summed E-state index contributed by atoms with van der Waals surface area (Å²) in [6.45, 7) is 7.36. The average Bonchev–Trinajstić information content (AvgIpc) is 1.46. The molecule has 0 spiro atoms. The Labute approximate surface area is 541 Å². The molecule has 2 aromatic heterocycles. The first-order chi connectivity index (χ1) is 45.4. The van der Waals surface area contributed by atoms with E-state index >= 15 is 0 Å². The molecule has 2 aliphatic heterocycles. The average molecular weight is 1180 g/mol. The summed E-state index contributed by atoms with van der Waals surface area (Å²) in [6.07, 6.45) is 10.4. The number of aryl methyl sites for hydroxylation is 1. The van der Waals surface area contributed by atoms with Gasteiger partial charge >= 0.3 is 0 Å². The maximum Gasteiger partial charge on any atom is 0.243 e. The van der Waals surface area contributed by atoms with Crippen LogP contribution in [0, 0.1) is 5.41 Å². The SMILES string of the molecule is CCCCc1cccc2c3[n+](ccc12)C1(C2Cc4ccc(-c5cccc(-c6cc(-c7cc(-c8ccccc8)cc(-c8ccccc8)c7)cc(-c7cc(-c8ccccc8)cc(-c8ccccc8)c7)c6)c5)cc4-c4c5ccccc5cc[n+]42)C(c2ccccc2-3)C1(C)CC. The summed E-state index contributed by atoms with van der Waals surface area (Å²) in [4.78, 5) is 0. The Bertz CT molecular complexity index is 4920. The van der Waals surface area contributed by atoms with Crippen molar-refractivity contribution in [3.63, 3.8) is 0 Å². The minimum Gasteiger partial charge on any atom is -0.187 e. The lowest BCUT2D eigenvalue weighted by Gasteiger charge is -2.32. The highest BCUT2D eigenvalue weighted by atomic mass is 15.2. The van der Waals surface area contributed by atoms with Gasteiger partial charge in [0.2, 0.25) is 23.0 Å². The zero-order valence-electron chi connectivity index (χ0n) is 52.5. The van der Waals surface area contributed by atoms with Crippen LogP contribution in [-0.4, -0.2) is 0 Å². The summed E-state index contributed by atoms with van der Waals surface area (Å²) in [5.41, 5.74) is 28.5. The summed E-state index contributed by atoms with van der Waals surface area (Å²) < 4.78 is 5.55. The van der Waals surface area contributed by atoms with E-state index in [0.29, 0.717) is 5.92 Å². The minimum atomic E-state index is -0.225. The fourth-order valence-electron chi connectivity index (χ4n) is 16.8. The smallest absolute Gasteiger partial charge is 0.187 e. The summed E-state index contributed by atoms with van der Waals surface area (Å²) in [5.74, 6) is 0.339. The number of rotatable bonds is 13. The second kappa shape index (κ2) is 22.4. The lowest BCUT2D eigenvalue weighted by molar-refractivity contribution is -0.826. The van der Waals surface area contributed by atoms with Gasteiger partial charge in [0.15, 0.2) is 12.4 Å². The van der Waals surface area contributed by atoms with E-state index in [9.17, 15) is 0 Å². The van der Waals surface area contributed by atoms with Crippen molar-refractivity contribution in [3.05, 3.63) is 326 Å². The molecule has 3 aliphatic rings. The third-order valence-corrected chi connectivity index (χ3v) is 21.4. The predicted octanol–water partition coefficient (Wildman–Crippen LogP) is 22.6. The van der Waals surface area contributed by atoms with Gasteiger partial charge in [-0.25, -0.2) is 0 Å². The molecule has 4 atom stereocenters. The van der Waals surface area contributed by atoms with Gasteiger partial charge in [0.1, 0.15) is 0 Å². The van der Waals surface area contributed by atoms with Gasteiger partial charge in [-0.1, -0.05) is 227 Å². The van der Waals surface area contributed by atoms with E-state index in [-0.39, 0.29) is 17.0 Å². The van der Waals surface area contributed by atoms with Crippen molar-refractivity contribution in [2.24, 2.45) is 5.41 Å². The largest absolute Gasteiger partial charge is 0.243 e. The van der Waals surface area contributed by atoms with Crippen molar-refractivity contribution in [2.75, 3.05) is 0 Å². The molecule has 92 heavy (non-hydrogen) atoms. The number of pyridine rings is 2. The van der Waals surface area contributed by atoms with E-state index in [0.717, 1.165) is 30.4 Å². The van der Waals surface area contributed by atoms with Gasteiger partial charge in [-0.2, -0.15) is 9.13 Å². The van der Waals surface area contributed by atoms with Crippen molar-refractivity contribution in [3.8, 4) is 112 Å². The lowest BCUT2D eigenvalue weighted by atomic mass is 9.80. The van der Waals surface area contributed by atoms with Gasteiger partial charge in [0.05, 0.1) is 33.2 Å². The number of aromatic nitrogens is 2. The molecule has 4 unspecified atom stereocenters. The number of nitrogens with zero attached hydrogens (tertiary/aromatic N) is 2. The van der Waals surface area contributed by atoms with Crippen molar-refractivity contribution in [1.82, 2.24) is 0 Å². The Morgan fingerprint density at radius 1 is 0.359 bits per heavy atom. The van der Waals surface area contributed by atoms with Crippen LogP contribution in [0.25, 0.3) is 133 Å². The number of hydrogen-bond donors (Lipinski definition) is 0. The molecule has 440 valence electrons. The second-order valence-corrected chi connectivity index (χ2v) is 26.3. The summed E-state index contributed by atoms with van der Waals surface area (Å²) >= 11 is 0. The second-order valence-electron chi connectivity index (χ2n) is 26.3. The summed E-state index contributed by atoms with van der Waals surface area (Å²) in [5, 5.41) is 5.32. The fraction of sp³-hybridized carbons (Fsp3) is 0.133. The molecular weight excluding hydrogens is 1110 g/mol. The molecule has 0 saturated heterocycles. The third kappa shape index (κ3) is 9.05. The van der Waals surface area contributed by atoms with Gasteiger partial charge in [0, 0.05) is 18.6 Å². The molecule has 4 heterocycles. The molecule has 1 aliphatic carbocycles. The van der Waals surface area contributed by atoms with Crippen LogP contribution in [0.3, 0.4) is 0 Å². The van der Waals surface area contributed by atoms with E-state index < -0.39 is 0 Å². The molecular formula is C90H72N2+2. The minimum absolute atomic E-state index is 0.00803. The Balaban J connectivity index is 0.826. The third-order valence-electron chi connectivity index (χ3n) is 21.4. The van der Waals surface area contributed by atoms with Crippen LogP contribution in [0.4, 0.5) is 0 Å². The zero-order chi connectivity index (χ0) is 61.5. The van der Waals surface area contributed by atoms with Crippen LogP contribution in [0.1, 0.15) is 68.7 Å². The normalized spacial score (nSPS) is 17.5. The van der Waals surface area contributed by atoms with E-state index in [4.69, 9.17) is 0 Å². The summed E-state index contributed by atoms with van der Waals surface area (Å²) in [7, 11) is 0. The molecule has 14 aromatic rings. The predicted molar refractivity (Wildman–Crippen MR) is 383 cm³/mol. The molecule has 17 rings (SSSR count). The van der Waals surface area contributed by atoms with Crippen LogP contribution in [0.2, 0.25) is 0 Å². The Kier molecular flexibility index (Phi) is 13.5.